The zero-order valence-electron chi connectivity index (χ0n) is 13.8. The second kappa shape index (κ2) is 7.57. The van der Waals surface area contributed by atoms with Crippen molar-refractivity contribution < 1.29 is 9.47 Å². The molecule has 2 aliphatic heterocycles. The fourth-order valence-electron chi connectivity index (χ4n) is 3.78. The first-order valence-corrected chi connectivity index (χ1v) is 8.64. The lowest BCUT2D eigenvalue weighted by atomic mass is 9.92. The van der Waals surface area contributed by atoms with E-state index in [0.29, 0.717) is 12.1 Å². The highest BCUT2D eigenvalue weighted by atomic mass is 16.5. The molecule has 3 unspecified atom stereocenters. The van der Waals surface area contributed by atoms with Gasteiger partial charge in [-0.25, -0.2) is 4.98 Å². The molecule has 3 rings (SSSR count). The van der Waals surface area contributed by atoms with Crippen molar-refractivity contribution in [2.75, 3.05) is 19.8 Å². The summed E-state index contributed by atoms with van der Waals surface area (Å²) in [7, 11) is 2.04. The first-order valence-electron chi connectivity index (χ1n) is 8.64. The Hall–Kier alpha value is -0.910. The molecule has 1 aromatic heterocycles. The van der Waals surface area contributed by atoms with Crippen LogP contribution in [0.15, 0.2) is 12.5 Å². The van der Waals surface area contributed by atoms with Crippen LogP contribution in [0, 0.1) is 5.92 Å². The minimum absolute atomic E-state index is 0.175. The first-order chi connectivity index (χ1) is 10.7. The monoisotopic (exact) mass is 307 g/mol. The van der Waals surface area contributed by atoms with Crippen molar-refractivity contribution in [2.45, 2.75) is 57.2 Å². The van der Waals surface area contributed by atoms with E-state index < -0.39 is 0 Å². The molecule has 3 atom stereocenters. The summed E-state index contributed by atoms with van der Waals surface area (Å²) in [6.45, 7) is 5.04. The Balaban J connectivity index is 1.48. The summed E-state index contributed by atoms with van der Waals surface area (Å²) in [5.74, 6) is 0.823. The summed E-state index contributed by atoms with van der Waals surface area (Å²) in [5, 5.41) is 3.83. The van der Waals surface area contributed by atoms with Gasteiger partial charge in [0.25, 0.3) is 0 Å². The molecule has 22 heavy (non-hydrogen) atoms. The Bertz CT molecular complexity index is 457. The zero-order valence-corrected chi connectivity index (χ0v) is 13.8. The number of nitrogens with zero attached hydrogens (tertiary/aromatic N) is 2. The van der Waals surface area contributed by atoms with Crippen molar-refractivity contribution in [3.05, 3.63) is 18.2 Å². The molecule has 0 spiro atoms. The standard InChI is InChI=1S/C17H29N3O2/c1-13(9-14-3-6-21-7-4-14)19-15-5-8-22-17(10-15)16-11-18-12-20(16)2/h11-15,17,19H,3-10H2,1-2H3. The number of imidazole rings is 1. The van der Waals surface area contributed by atoms with Crippen LogP contribution in [-0.2, 0) is 16.5 Å². The van der Waals surface area contributed by atoms with E-state index in [4.69, 9.17) is 9.47 Å². The molecular formula is C17H29N3O2. The van der Waals surface area contributed by atoms with Gasteiger partial charge in [0.05, 0.1) is 18.2 Å². The molecular weight excluding hydrogens is 278 g/mol. The lowest BCUT2D eigenvalue weighted by Crippen LogP contribution is -2.42. The lowest BCUT2D eigenvalue weighted by molar-refractivity contribution is -0.00639. The summed E-state index contributed by atoms with van der Waals surface area (Å²) < 4.78 is 13.5. The molecule has 2 saturated heterocycles. The summed E-state index contributed by atoms with van der Waals surface area (Å²) in [4.78, 5) is 4.21. The molecule has 5 heteroatoms. The first kappa shape index (κ1) is 16.0. The van der Waals surface area contributed by atoms with E-state index in [1.165, 1.54) is 25.0 Å². The predicted octanol–water partition coefficient (Wildman–Crippen LogP) is 2.44. The molecule has 0 bridgehead atoms. The topological polar surface area (TPSA) is 48.3 Å². The van der Waals surface area contributed by atoms with Crippen molar-refractivity contribution in [2.24, 2.45) is 13.0 Å². The number of rotatable bonds is 5. The Kier molecular flexibility index (Phi) is 5.50. The molecule has 2 fully saturated rings. The van der Waals surface area contributed by atoms with Gasteiger partial charge in [-0.05, 0) is 44.9 Å². The highest BCUT2D eigenvalue weighted by Gasteiger charge is 2.27. The van der Waals surface area contributed by atoms with E-state index in [0.717, 1.165) is 38.6 Å². The van der Waals surface area contributed by atoms with Crippen molar-refractivity contribution in [3.8, 4) is 0 Å². The van der Waals surface area contributed by atoms with E-state index in [2.05, 4.69) is 21.8 Å². The van der Waals surface area contributed by atoms with Gasteiger partial charge in [-0.15, -0.1) is 0 Å². The molecule has 0 aromatic carbocycles. The molecule has 1 N–H and O–H groups in total. The number of nitrogens with one attached hydrogen (secondary N) is 1. The van der Waals surface area contributed by atoms with Crippen LogP contribution in [0.2, 0.25) is 0 Å². The van der Waals surface area contributed by atoms with Gasteiger partial charge in [-0.2, -0.15) is 0 Å². The van der Waals surface area contributed by atoms with Gasteiger partial charge in [-0.3, -0.25) is 0 Å². The molecule has 124 valence electrons. The molecule has 3 heterocycles. The number of ether oxygens (including phenoxy) is 2. The molecule has 0 amide bonds. The minimum atomic E-state index is 0.175. The third-order valence-electron chi connectivity index (χ3n) is 5.02. The largest absolute Gasteiger partial charge is 0.381 e. The molecule has 1 aromatic rings. The van der Waals surface area contributed by atoms with Crippen molar-refractivity contribution >= 4 is 0 Å². The molecule has 0 radical (unpaired) electrons. The lowest BCUT2D eigenvalue weighted by Gasteiger charge is -2.33. The van der Waals surface area contributed by atoms with Crippen molar-refractivity contribution in [1.29, 1.82) is 0 Å². The third-order valence-corrected chi connectivity index (χ3v) is 5.02. The Morgan fingerprint density at radius 2 is 2.14 bits per heavy atom. The maximum absolute atomic E-state index is 5.95. The van der Waals surface area contributed by atoms with Crippen LogP contribution < -0.4 is 5.32 Å². The molecule has 0 aliphatic carbocycles. The van der Waals surface area contributed by atoms with Crippen LogP contribution in [0.1, 0.15) is 50.8 Å². The van der Waals surface area contributed by atoms with Crippen LogP contribution in [0.3, 0.4) is 0 Å². The van der Waals surface area contributed by atoms with Crippen molar-refractivity contribution in [3.63, 3.8) is 0 Å². The Morgan fingerprint density at radius 3 is 2.86 bits per heavy atom. The average molecular weight is 307 g/mol. The van der Waals surface area contributed by atoms with Crippen LogP contribution >= 0.6 is 0 Å². The fraction of sp³-hybridized carbons (Fsp3) is 0.824. The number of aromatic nitrogens is 2. The molecule has 5 nitrogen and oxygen atoms in total. The summed E-state index contributed by atoms with van der Waals surface area (Å²) in [6, 6.07) is 1.11. The highest BCUT2D eigenvalue weighted by molar-refractivity contribution is 5.04. The summed E-state index contributed by atoms with van der Waals surface area (Å²) >= 11 is 0. The Labute approximate surface area is 133 Å². The van der Waals surface area contributed by atoms with Gasteiger partial charge in [0, 0.05) is 39.0 Å². The smallest absolute Gasteiger partial charge is 0.100 e. The van der Waals surface area contributed by atoms with E-state index in [1.54, 1.807) is 0 Å². The van der Waals surface area contributed by atoms with Crippen LogP contribution in [0.5, 0.6) is 0 Å². The van der Waals surface area contributed by atoms with Crippen LogP contribution in [-0.4, -0.2) is 41.5 Å². The number of aryl methyl sites for hydroxylation is 1. The quantitative estimate of drug-likeness (QED) is 0.907. The average Bonchev–Trinajstić information content (AvgIpc) is 2.94. The van der Waals surface area contributed by atoms with Gasteiger partial charge in [0.1, 0.15) is 6.10 Å². The molecule has 2 aliphatic rings. The number of hydrogen-bond acceptors (Lipinski definition) is 4. The van der Waals surface area contributed by atoms with E-state index >= 15 is 0 Å². The predicted molar refractivity (Wildman–Crippen MR) is 85.7 cm³/mol. The van der Waals surface area contributed by atoms with E-state index in [9.17, 15) is 0 Å². The minimum Gasteiger partial charge on any atom is -0.381 e. The Morgan fingerprint density at radius 1 is 1.32 bits per heavy atom. The van der Waals surface area contributed by atoms with Gasteiger partial charge >= 0.3 is 0 Å². The molecule has 0 saturated carbocycles. The van der Waals surface area contributed by atoms with E-state index in [-0.39, 0.29) is 6.10 Å². The zero-order chi connectivity index (χ0) is 15.4. The van der Waals surface area contributed by atoms with Gasteiger partial charge in [-0.1, -0.05) is 0 Å². The summed E-state index contributed by atoms with van der Waals surface area (Å²) in [5.41, 5.74) is 1.18. The van der Waals surface area contributed by atoms with Gasteiger partial charge in [0.15, 0.2) is 0 Å². The second-order valence-electron chi connectivity index (χ2n) is 6.87. The maximum atomic E-state index is 5.95. The maximum Gasteiger partial charge on any atom is 0.100 e. The van der Waals surface area contributed by atoms with Gasteiger partial charge < -0.3 is 19.4 Å². The van der Waals surface area contributed by atoms with E-state index in [1.807, 2.05) is 19.6 Å². The highest BCUT2D eigenvalue weighted by Crippen LogP contribution is 2.28. The third kappa shape index (κ3) is 4.09. The SMILES string of the molecule is CC(CC1CCOCC1)NC1CCOC(c2cncn2C)C1. The van der Waals surface area contributed by atoms with Crippen LogP contribution in [0.4, 0.5) is 0 Å². The normalized spacial score (nSPS) is 28.6. The fourth-order valence-corrected chi connectivity index (χ4v) is 3.78. The summed E-state index contributed by atoms with van der Waals surface area (Å²) in [6.07, 6.45) is 9.80. The van der Waals surface area contributed by atoms with Gasteiger partial charge in [0.2, 0.25) is 0 Å². The van der Waals surface area contributed by atoms with Crippen LogP contribution in [0.25, 0.3) is 0 Å². The second-order valence-corrected chi connectivity index (χ2v) is 6.87. The number of hydrogen-bond donors (Lipinski definition) is 1. The van der Waals surface area contributed by atoms with Crippen molar-refractivity contribution in [1.82, 2.24) is 14.9 Å².